The molecular weight excluding hydrogens is 340 g/mol. The molecule has 1 aliphatic heterocycles. The standard InChI is InChI=1S/C19H25ClN2O3/c20-15-7-5-14(6-8-15)13-21-9-11-22(12-10-21)18(23)16-3-1-2-4-17(16)19(24)25/h5-8,16-17H,1-4,9-13H2,(H,24,25)/t16-,17+/m1/s1. The predicted octanol–water partition coefficient (Wildman–Crippen LogP) is 0.123. The average molecular weight is 365 g/mol. The number of carbonyl (C=O) groups is 2. The molecule has 1 aliphatic carbocycles. The van der Waals surface area contributed by atoms with Crippen molar-refractivity contribution >= 4 is 23.5 Å². The molecule has 1 N–H and O–H groups in total. The van der Waals surface area contributed by atoms with Crippen LogP contribution in [0.15, 0.2) is 24.3 Å². The van der Waals surface area contributed by atoms with Gasteiger partial charge in [0.15, 0.2) is 0 Å². The molecule has 0 radical (unpaired) electrons. The Morgan fingerprint density at radius 3 is 2.28 bits per heavy atom. The van der Waals surface area contributed by atoms with Crippen LogP contribution in [0.2, 0.25) is 5.02 Å². The number of carboxylic acid groups (broad SMARTS) is 1. The first-order valence-corrected chi connectivity index (χ1v) is 9.50. The normalized spacial score (nSPS) is 24.9. The summed E-state index contributed by atoms with van der Waals surface area (Å²) in [5.41, 5.74) is 1.24. The second kappa shape index (κ2) is 8.19. The summed E-state index contributed by atoms with van der Waals surface area (Å²) in [5.74, 6) is -2.05. The minimum absolute atomic E-state index is 0.0134. The van der Waals surface area contributed by atoms with Gasteiger partial charge in [-0.25, -0.2) is 0 Å². The van der Waals surface area contributed by atoms with E-state index in [1.54, 1.807) is 0 Å². The van der Waals surface area contributed by atoms with Gasteiger partial charge in [-0.2, -0.15) is 0 Å². The van der Waals surface area contributed by atoms with Crippen LogP contribution in [0.1, 0.15) is 31.2 Å². The molecule has 2 atom stereocenters. The monoisotopic (exact) mass is 364 g/mol. The number of nitrogens with one attached hydrogen (secondary N) is 1. The second-order valence-electron chi connectivity index (χ2n) is 7.20. The van der Waals surface area contributed by atoms with Gasteiger partial charge in [0, 0.05) is 28.4 Å². The van der Waals surface area contributed by atoms with E-state index in [0.717, 1.165) is 37.5 Å². The molecule has 0 aromatic heterocycles. The molecule has 136 valence electrons. The smallest absolute Gasteiger partial charge is 0.226 e. The number of quaternary nitrogens is 1. The minimum Gasteiger partial charge on any atom is -0.550 e. The minimum atomic E-state index is -1.06. The van der Waals surface area contributed by atoms with E-state index in [-0.39, 0.29) is 5.91 Å². The number of carbonyl (C=O) groups excluding carboxylic acids is 2. The molecule has 1 saturated heterocycles. The Morgan fingerprint density at radius 2 is 1.68 bits per heavy atom. The Bertz CT molecular complexity index is 612. The number of amides is 1. The van der Waals surface area contributed by atoms with E-state index in [9.17, 15) is 14.7 Å². The third-order valence-electron chi connectivity index (χ3n) is 5.54. The first-order valence-electron chi connectivity index (χ1n) is 9.12. The van der Waals surface area contributed by atoms with Gasteiger partial charge in [-0.05, 0) is 25.0 Å². The molecular formula is C19H25ClN2O3. The fourth-order valence-corrected chi connectivity index (χ4v) is 4.18. The zero-order valence-corrected chi connectivity index (χ0v) is 15.1. The van der Waals surface area contributed by atoms with Crippen LogP contribution in [0.4, 0.5) is 0 Å². The van der Waals surface area contributed by atoms with Crippen molar-refractivity contribution in [1.29, 1.82) is 0 Å². The molecule has 1 aromatic carbocycles. The largest absolute Gasteiger partial charge is 0.550 e. The number of hydrogen-bond acceptors (Lipinski definition) is 3. The summed E-state index contributed by atoms with van der Waals surface area (Å²) in [5, 5.41) is 12.1. The summed E-state index contributed by atoms with van der Waals surface area (Å²) in [7, 11) is 0. The molecule has 0 spiro atoms. The van der Waals surface area contributed by atoms with Crippen molar-refractivity contribution in [3.8, 4) is 0 Å². The van der Waals surface area contributed by atoms with E-state index in [4.69, 9.17) is 11.6 Å². The zero-order chi connectivity index (χ0) is 17.8. The summed E-state index contributed by atoms with van der Waals surface area (Å²) in [6, 6.07) is 7.89. The zero-order valence-electron chi connectivity index (χ0n) is 14.4. The fourth-order valence-electron chi connectivity index (χ4n) is 4.05. The van der Waals surface area contributed by atoms with Gasteiger partial charge in [0.1, 0.15) is 6.54 Å². The highest BCUT2D eigenvalue weighted by molar-refractivity contribution is 6.30. The van der Waals surface area contributed by atoms with Gasteiger partial charge in [0.05, 0.1) is 26.2 Å². The van der Waals surface area contributed by atoms with Gasteiger partial charge in [0.25, 0.3) is 0 Å². The van der Waals surface area contributed by atoms with Crippen molar-refractivity contribution in [3.63, 3.8) is 0 Å². The Morgan fingerprint density at radius 1 is 1.08 bits per heavy atom. The molecule has 0 unspecified atom stereocenters. The van der Waals surface area contributed by atoms with Crippen LogP contribution in [0.5, 0.6) is 0 Å². The molecule has 0 bridgehead atoms. The summed E-state index contributed by atoms with van der Waals surface area (Å²) in [6.45, 7) is 4.08. The van der Waals surface area contributed by atoms with Gasteiger partial charge in [0.2, 0.25) is 5.91 Å². The van der Waals surface area contributed by atoms with Crippen molar-refractivity contribution in [1.82, 2.24) is 4.90 Å². The number of benzene rings is 1. The Kier molecular flexibility index (Phi) is 5.97. The molecule has 5 nitrogen and oxygen atoms in total. The van der Waals surface area contributed by atoms with Gasteiger partial charge in [-0.3, -0.25) is 4.79 Å². The van der Waals surface area contributed by atoms with Gasteiger partial charge in [-0.1, -0.05) is 36.6 Å². The number of carboxylic acids is 1. The highest BCUT2D eigenvalue weighted by Crippen LogP contribution is 2.31. The lowest BCUT2D eigenvalue weighted by Crippen LogP contribution is -3.13. The Hall–Kier alpha value is -1.59. The summed E-state index contributed by atoms with van der Waals surface area (Å²) in [4.78, 5) is 27.4. The fraction of sp³-hybridized carbons (Fsp3) is 0.579. The summed E-state index contributed by atoms with van der Waals surface area (Å²) >= 11 is 5.92. The maximum absolute atomic E-state index is 12.8. The number of nitrogens with zero attached hydrogens (tertiary/aromatic N) is 1. The van der Waals surface area contributed by atoms with Crippen LogP contribution < -0.4 is 10.0 Å². The van der Waals surface area contributed by atoms with Gasteiger partial charge < -0.3 is 19.7 Å². The summed E-state index contributed by atoms with van der Waals surface area (Å²) < 4.78 is 0. The van der Waals surface area contributed by atoms with Crippen LogP contribution in [0.3, 0.4) is 0 Å². The van der Waals surface area contributed by atoms with Crippen LogP contribution >= 0.6 is 11.6 Å². The van der Waals surface area contributed by atoms with E-state index in [1.165, 1.54) is 10.5 Å². The van der Waals surface area contributed by atoms with Gasteiger partial charge >= 0.3 is 0 Å². The SMILES string of the molecule is O=C([O-])[C@H]1CCCC[C@H]1C(=O)N1CC[NH+](Cc2ccc(Cl)cc2)CC1. The number of rotatable bonds is 4. The lowest BCUT2D eigenvalue weighted by atomic mass is 9.78. The Labute approximate surface area is 153 Å². The van der Waals surface area contributed by atoms with Crippen LogP contribution in [-0.2, 0) is 16.1 Å². The molecule has 1 heterocycles. The number of hydrogen-bond donors (Lipinski definition) is 1. The maximum atomic E-state index is 12.8. The topological polar surface area (TPSA) is 64.9 Å². The molecule has 1 amide bonds. The van der Waals surface area contributed by atoms with Crippen molar-refractivity contribution in [3.05, 3.63) is 34.9 Å². The summed E-state index contributed by atoms with van der Waals surface area (Å²) in [6.07, 6.45) is 3.05. The molecule has 3 rings (SSSR count). The molecule has 2 aliphatic rings. The maximum Gasteiger partial charge on any atom is 0.226 e. The number of piperazine rings is 1. The third kappa shape index (κ3) is 4.53. The number of aliphatic carboxylic acids is 1. The molecule has 6 heteroatoms. The molecule has 1 aromatic rings. The lowest BCUT2D eigenvalue weighted by molar-refractivity contribution is -0.917. The van der Waals surface area contributed by atoms with Crippen molar-refractivity contribution in [2.24, 2.45) is 11.8 Å². The second-order valence-corrected chi connectivity index (χ2v) is 7.63. The van der Waals surface area contributed by atoms with Crippen molar-refractivity contribution in [2.75, 3.05) is 26.2 Å². The highest BCUT2D eigenvalue weighted by Gasteiger charge is 2.36. The van der Waals surface area contributed by atoms with Crippen LogP contribution in [0.25, 0.3) is 0 Å². The van der Waals surface area contributed by atoms with E-state index in [1.807, 2.05) is 29.2 Å². The van der Waals surface area contributed by atoms with E-state index in [2.05, 4.69) is 0 Å². The number of halogens is 1. The first-order chi connectivity index (χ1) is 12.0. The first kappa shape index (κ1) is 18.2. The van der Waals surface area contributed by atoms with Crippen molar-refractivity contribution < 1.29 is 19.6 Å². The molecule has 1 saturated carbocycles. The van der Waals surface area contributed by atoms with Crippen LogP contribution in [-0.4, -0.2) is 43.0 Å². The van der Waals surface area contributed by atoms with Gasteiger partial charge in [-0.15, -0.1) is 0 Å². The van der Waals surface area contributed by atoms with Crippen molar-refractivity contribution in [2.45, 2.75) is 32.2 Å². The predicted molar refractivity (Wildman–Crippen MR) is 92.9 cm³/mol. The van der Waals surface area contributed by atoms with E-state index in [0.29, 0.717) is 25.9 Å². The average Bonchev–Trinajstić information content (AvgIpc) is 2.63. The quantitative estimate of drug-likeness (QED) is 0.825. The van der Waals surface area contributed by atoms with Crippen LogP contribution in [0, 0.1) is 11.8 Å². The van der Waals surface area contributed by atoms with E-state index >= 15 is 0 Å². The Balaban J connectivity index is 1.53. The molecule has 25 heavy (non-hydrogen) atoms. The third-order valence-corrected chi connectivity index (χ3v) is 5.79. The highest BCUT2D eigenvalue weighted by atomic mass is 35.5. The van der Waals surface area contributed by atoms with E-state index < -0.39 is 17.8 Å². The molecule has 2 fully saturated rings. The lowest BCUT2D eigenvalue weighted by Gasteiger charge is -2.38.